The van der Waals surface area contributed by atoms with Crippen molar-refractivity contribution in [3.63, 3.8) is 0 Å². The summed E-state index contributed by atoms with van der Waals surface area (Å²) in [4.78, 5) is 14.5. The van der Waals surface area contributed by atoms with Crippen LogP contribution in [-0.2, 0) is 4.74 Å². The summed E-state index contributed by atoms with van der Waals surface area (Å²) in [5, 5.41) is 8.32. The predicted molar refractivity (Wildman–Crippen MR) is 94.8 cm³/mol. The van der Waals surface area contributed by atoms with Gasteiger partial charge in [0.2, 0.25) is 0 Å². The van der Waals surface area contributed by atoms with Crippen LogP contribution in [-0.4, -0.2) is 48.5 Å². The minimum Gasteiger partial charge on any atom is -0.378 e. The number of morpholine rings is 1. The first kappa shape index (κ1) is 15.5. The normalized spacial score (nSPS) is 16.9. The molecule has 0 aliphatic carbocycles. The zero-order chi connectivity index (χ0) is 17.1. The highest BCUT2D eigenvalue weighted by Gasteiger charge is 2.22. The molecule has 0 saturated carbocycles. The van der Waals surface area contributed by atoms with E-state index in [1.54, 1.807) is 0 Å². The minimum absolute atomic E-state index is 0.0129. The Bertz CT molecular complexity index is 840. The maximum atomic E-state index is 12.7. The molecule has 0 bridgehead atoms. The van der Waals surface area contributed by atoms with Crippen molar-refractivity contribution < 1.29 is 9.53 Å². The van der Waals surface area contributed by atoms with E-state index in [1.807, 2.05) is 59.5 Å². The quantitative estimate of drug-likeness (QED) is 0.861. The molecule has 1 saturated heterocycles. The number of nitrogens with zero attached hydrogens (tertiary/aromatic N) is 4. The van der Waals surface area contributed by atoms with Crippen molar-refractivity contribution in [2.24, 2.45) is 10.2 Å². The lowest BCUT2D eigenvalue weighted by molar-refractivity contribution is 0.0303. The molecule has 0 spiro atoms. The summed E-state index contributed by atoms with van der Waals surface area (Å²) in [5.74, 6) is 0.0129. The monoisotopic (exact) mass is 333 g/mol. The highest BCUT2D eigenvalue weighted by atomic mass is 16.5. The number of rotatable bonds is 3. The van der Waals surface area contributed by atoms with Crippen LogP contribution in [0.3, 0.4) is 0 Å². The first-order valence-corrected chi connectivity index (χ1v) is 8.22. The molecule has 0 aromatic heterocycles. The molecule has 25 heavy (non-hydrogen) atoms. The molecule has 1 radical (unpaired) electrons. The number of carbonyl (C=O) groups excluding carboxylic acids is 1. The number of ether oxygens (including phenoxy) is 1. The molecule has 2 aliphatic heterocycles. The van der Waals surface area contributed by atoms with E-state index in [2.05, 4.69) is 15.7 Å². The minimum atomic E-state index is 0.0129. The lowest BCUT2D eigenvalue weighted by Crippen LogP contribution is -2.40. The van der Waals surface area contributed by atoms with Gasteiger partial charge in [-0.05, 0) is 17.7 Å². The van der Waals surface area contributed by atoms with Crippen LogP contribution in [0.5, 0.6) is 0 Å². The highest BCUT2D eigenvalue weighted by molar-refractivity contribution is 6.54. The van der Waals surface area contributed by atoms with E-state index in [4.69, 9.17) is 4.74 Å². The second kappa shape index (κ2) is 6.86. The van der Waals surface area contributed by atoms with Crippen molar-refractivity contribution in [3.05, 3.63) is 71.3 Å². The van der Waals surface area contributed by atoms with Gasteiger partial charge in [0, 0.05) is 29.8 Å². The number of hydrogen-bond acceptors (Lipinski definition) is 4. The van der Waals surface area contributed by atoms with Gasteiger partial charge in [0.1, 0.15) is 11.4 Å². The SMILES string of the molecule is O=C(c1cccc(C2=N[N]N=C2c2ccccc2)c1)N1CCOCC1. The van der Waals surface area contributed by atoms with Crippen LogP contribution in [0, 0.1) is 0 Å². The molecular weight excluding hydrogens is 316 g/mol. The van der Waals surface area contributed by atoms with Crippen LogP contribution in [0.15, 0.2) is 64.8 Å². The lowest BCUT2D eigenvalue weighted by Gasteiger charge is -2.27. The van der Waals surface area contributed by atoms with E-state index in [0.717, 1.165) is 16.8 Å². The zero-order valence-corrected chi connectivity index (χ0v) is 13.6. The zero-order valence-electron chi connectivity index (χ0n) is 13.6. The van der Waals surface area contributed by atoms with Gasteiger partial charge in [0.25, 0.3) is 5.91 Å². The molecule has 2 aliphatic rings. The largest absolute Gasteiger partial charge is 0.378 e. The Kier molecular flexibility index (Phi) is 4.26. The van der Waals surface area contributed by atoms with E-state index >= 15 is 0 Å². The Morgan fingerprint density at radius 2 is 1.56 bits per heavy atom. The first-order chi connectivity index (χ1) is 12.3. The average molecular weight is 333 g/mol. The number of carbonyl (C=O) groups is 1. The molecule has 1 fully saturated rings. The summed E-state index contributed by atoms with van der Waals surface area (Å²) in [5.41, 5.74) is 7.66. The Labute approximate surface area is 145 Å². The third-order valence-corrected chi connectivity index (χ3v) is 4.24. The molecule has 0 N–H and O–H groups in total. The van der Waals surface area contributed by atoms with E-state index in [9.17, 15) is 4.79 Å². The van der Waals surface area contributed by atoms with Crippen LogP contribution in [0.25, 0.3) is 0 Å². The van der Waals surface area contributed by atoms with Gasteiger partial charge in [0.15, 0.2) is 0 Å². The summed E-state index contributed by atoms with van der Waals surface area (Å²) < 4.78 is 5.31. The van der Waals surface area contributed by atoms with Crippen molar-refractivity contribution in [2.75, 3.05) is 26.3 Å². The third kappa shape index (κ3) is 3.16. The molecule has 6 nitrogen and oxygen atoms in total. The molecule has 1 amide bonds. The predicted octanol–water partition coefficient (Wildman–Crippen LogP) is 1.89. The van der Waals surface area contributed by atoms with Gasteiger partial charge in [-0.2, -0.15) is 0 Å². The number of hydrogen-bond donors (Lipinski definition) is 0. The van der Waals surface area contributed by atoms with Crippen molar-refractivity contribution in [3.8, 4) is 0 Å². The topological polar surface area (TPSA) is 68.4 Å². The molecule has 125 valence electrons. The molecule has 2 aromatic rings. The Morgan fingerprint density at radius 3 is 2.32 bits per heavy atom. The standard InChI is InChI=1S/C19H17N4O2/c24-19(23-9-11-25-12-10-23)16-8-4-7-15(13-16)18-17(20-22-21-18)14-5-2-1-3-6-14/h1-8,13H,9-12H2. The Balaban J connectivity index is 1.61. The maximum absolute atomic E-state index is 12.7. The summed E-state index contributed by atoms with van der Waals surface area (Å²) in [6.45, 7) is 2.41. The van der Waals surface area contributed by atoms with E-state index in [1.165, 1.54) is 0 Å². The molecule has 0 unspecified atom stereocenters. The van der Waals surface area contributed by atoms with Gasteiger partial charge in [-0.25, -0.2) is 0 Å². The Hall–Kier alpha value is -2.99. The number of benzene rings is 2. The second-order valence-electron chi connectivity index (χ2n) is 5.84. The van der Waals surface area contributed by atoms with Crippen LogP contribution in [0.4, 0.5) is 0 Å². The maximum Gasteiger partial charge on any atom is 0.254 e. The molecule has 2 aromatic carbocycles. The van der Waals surface area contributed by atoms with Gasteiger partial charge in [-0.3, -0.25) is 4.79 Å². The molecule has 0 atom stereocenters. The van der Waals surface area contributed by atoms with Crippen LogP contribution in [0.1, 0.15) is 21.5 Å². The number of amides is 1. The molecule has 4 rings (SSSR count). The van der Waals surface area contributed by atoms with Gasteiger partial charge in [-0.15, -0.1) is 10.2 Å². The summed E-state index contributed by atoms with van der Waals surface area (Å²) in [6, 6.07) is 17.3. The van der Waals surface area contributed by atoms with Crippen molar-refractivity contribution in [1.82, 2.24) is 10.4 Å². The van der Waals surface area contributed by atoms with Crippen molar-refractivity contribution in [1.29, 1.82) is 0 Å². The average Bonchev–Trinajstić information content (AvgIpc) is 3.19. The van der Waals surface area contributed by atoms with Gasteiger partial charge in [0.05, 0.1) is 13.2 Å². The van der Waals surface area contributed by atoms with Gasteiger partial charge in [-0.1, -0.05) is 42.5 Å². The molecule has 6 heteroatoms. The van der Waals surface area contributed by atoms with Gasteiger partial charge < -0.3 is 9.64 Å². The third-order valence-electron chi connectivity index (χ3n) is 4.24. The molecular formula is C19H17N4O2. The highest BCUT2D eigenvalue weighted by Crippen LogP contribution is 2.16. The fraction of sp³-hybridized carbons (Fsp3) is 0.211. The van der Waals surface area contributed by atoms with E-state index in [0.29, 0.717) is 37.6 Å². The fourth-order valence-corrected chi connectivity index (χ4v) is 2.94. The van der Waals surface area contributed by atoms with Gasteiger partial charge >= 0.3 is 0 Å². The summed E-state index contributed by atoms with van der Waals surface area (Å²) >= 11 is 0. The van der Waals surface area contributed by atoms with Crippen molar-refractivity contribution in [2.45, 2.75) is 0 Å². The smallest absolute Gasteiger partial charge is 0.254 e. The molecule has 2 heterocycles. The lowest BCUT2D eigenvalue weighted by atomic mass is 9.98. The van der Waals surface area contributed by atoms with Crippen molar-refractivity contribution >= 4 is 17.3 Å². The van der Waals surface area contributed by atoms with E-state index < -0.39 is 0 Å². The summed E-state index contributed by atoms with van der Waals surface area (Å²) in [7, 11) is 0. The van der Waals surface area contributed by atoms with Crippen LogP contribution >= 0.6 is 0 Å². The Morgan fingerprint density at radius 1 is 0.880 bits per heavy atom. The van der Waals surface area contributed by atoms with Crippen LogP contribution < -0.4 is 5.53 Å². The van der Waals surface area contributed by atoms with Crippen LogP contribution in [0.2, 0.25) is 0 Å². The fourth-order valence-electron chi connectivity index (χ4n) is 2.94. The first-order valence-electron chi connectivity index (χ1n) is 8.22. The second-order valence-corrected chi connectivity index (χ2v) is 5.84. The van der Waals surface area contributed by atoms with E-state index in [-0.39, 0.29) is 5.91 Å². The summed E-state index contributed by atoms with van der Waals surface area (Å²) in [6.07, 6.45) is 0.